The maximum Gasteiger partial charge on any atom is 0.161 e. The van der Waals surface area contributed by atoms with E-state index in [2.05, 4.69) is 0 Å². The minimum absolute atomic E-state index is 0.0420. The van der Waals surface area contributed by atoms with Gasteiger partial charge >= 0.3 is 0 Å². The summed E-state index contributed by atoms with van der Waals surface area (Å²) in [5.74, 6) is 1.80. The Balaban J connectivity index is 1.85. The van der Waals surface area contributed by atoms with Crippen LogP contribution >= 0.6 is 0 Å². The average molecular weight is 238 g/mol. The van der Waals surface area contributed by atoms with Gasteiger partial charge in [-0.3, -0.25) is 4.79 Å². The van der Waals surface area contributed by atoms with Gasteiger partial charge in [0, 0.05) is 18.9 Å². The summed E-state index contributed by atoms with van der Waals surface area (Å²) in [6.07, 6.45) is 5.88. The maximum atomic E-state index is 12.6. The molecule has 3 heteroatoms. The van der Waals surface area contributed by atoms with Crippen molar-refractivity contribution in [3.05, 3.63) is 0 Å². The van der Waals surface area contributed by atoms with E-state index < -0.39 is 0 Å². The van der Waals surface area contributed by atoms with Crippen LogP contribution in [-0.2, 0) is 14.3 Å². The van der Waals surface area contributed by atoms with Gasteiger partial charge in [0.15, 0.2) is 6.29 Å². The molecule has 1 unspecified atom stereocenters. The molecule has 2 saturated carbocycles. The molecule has 0 radical (unpaired) electrons. The Kier molecular flexibility index (Phi) is 2.99. The van der Waals surface area contributed by atoms with Crippen molar-refractivity contribution in [1.29, 1.82) is 0 Å². The van der Waals surface area contributed by atoms with Crippen LogP contribution < -0.4 is 0 Å². The predicted molar refractivity (Wildman–Crippen MR) is 63.4 cm³/mol. The summed E-state index contributed by atoms with van der Waals surface area (Å²) < 4.78 is 11.2. The van der Waals surface area contributed by atoms with Gasteiger partial charge in [-0.2, -0.15) is 0 Å². The fourth-order valence-corrected chi connectivity index (χ4v) is 4.31. The number of carbonyl (C=O) groups excluding carboxylic acids is 1. The second-order valence-electron chi connectivity index (χ2n) is 5.92. The number of hydrogen-bond donors (Lipinski definition) is 0. The smallest absolute Gasteiger partial charge is 0.161 e. The van der Waals surface area contributed by atoms with Crippen LogP contribution in [-0.4, -0.2) is 25.3 Å². The van der Waals surface area contributed by atoms with Crippen molar-refractivity contribution < 1.29 is 14.3 Å². The van der Waals surface area contributed by atoms with E-state index in [1.54, 1.807) is 7.11 Å². The van der Waals surface area contributed by atoms with Gasteiger partial charge in [0.05, 0.1) is 12.0 Å². The van der Waals surface area contributed by atoms with Crippen LogP contribution in [0.15, 0.2) is 0 Å². The fraction of sp³-hybridized carbons (Fsp3) is 0.929. The van der Waals surface area contributed by atoms with Crippen LogP contribution in [0.4, 0.5) is 0 Å². The Morgan fingerprint density at radius 2 is 2.06 bits per heavy atom. The highest BCUT2D eigenvalue weighted by Crippen LogP contribution is 2.49. The van der Waals surface area contributed by atoms with Crippen molar-refractivity contribution in [3.8, 4) is 0 Å². The van der Waals surface area contributed by atoms with E-state index in [1.165, 1.54) is 19.3 Å². The number of fused-ring (bicyclic) bond motifs is 2. The molecule has 0 bridgehead atoms. The Bertz CT molecular complexity index is 315. The van der Waals surface area contributed by atoms with Crippen LogP contribution in [0.3, 0.4) is 0 Å². The topological polar surface area (TPSA) is 35.5 Å². The summed E-state index contributed by atoms with van der Waals surface area (Å²) in [5.41, 5.74) is 0. The van der Waals surface area contributed by atoms with Crippen LogP contribution in [0.25, 0.3) is 0 Å². The molecule has 3 rings (SSSR count). The summed E-state index contributed by atoms with van der Waals surface area (Å²) >= 11 is 0. The van der Waals surface area contributed by atoms with Gasteiger partial charge in [0.25, 0.3) is 0 Å². The second kappa shape index (κ2) is 4.36. The van der Waals surface area contributed by atoms with Crippen molar-refractivity contribution in [3.63, 3.8) is 0 Å². The summed E-state index contributed by atoms with van der Waals surface area (Å²) in [6.45, 7) is 2.03. The van der Waals surface area contributed by atoms with Crippen LogP contribution in [0.1, 0.15) is 39.0 Å². The molecular weight excluding hydrogens is 216 g/mol. The molecule has 0 aromatic heterocycles. The quantitative estimate of drug-likeness (QED) is 0.703. The van der Waals surface area contributed by atoms with Crippen molar-refractivity contribution in [2.24, 2.45) is 23.7 Å². The summed E-state index contributed by atoms with van der Waals surface area (Å²) in [4.78, 5) is 12.6. The molecule has 0 spiro atoms. The number of carbonyl (C=O) groups is 1. The predicted octanol–water partition coefficient (Wildman–Crippen LogP) is 2.39. The van der Waals surface area contributed by atoms with Crippen molar-refractivity contribution in [2.75, 3.05) is 7.11 Å². The molecule has 2 aliphatic carbocycles. The first-order valence-electron chi connectivity index (χ1n) is 6.94. The highest BCUT2D eigenvalue weighted by atomic mass is 16.7. The highest BCUT2D eigenvalue weighted by Gasteiger charge is 2.53. The molecular formula is C14H22O3. The Hall–Kier alpha value is -0.410. The number of Topliss-reactive ketones (excluding diaryl/α,β-unsaturated/α-hetero) is 1. The summed E-state index contributed by atoms with van der Waals surface area (Å²) in [5, 5.41) is 0. The first-order valence-corrected chi connectivity index (χ1v) is 6.94. The van der Waals surface area contributed by atoms with Gasteiger partial charge < -0.3 is 9.47 Å². The molecule has 0 N–H and O–H groups in total. The van der Waals surface area contributed by atoms with Gasteiger partial charge in [-0.15, -0.1) is 0 Å². The first-order chi connectivity index (χ1) is 8.22. The molecule has 1 aliphatic heterocycles. The van der Waals surface area contributed by atoms with Crippen LogP contribution in [0.5, 0.6) is 0 Å². The molecule has 6 atom stereocenters. The van der Waals surface area contributed by atoms with Gasteiger partial charge in [-0.1, -0.05) is 12.8 Å². The molecule has 3 aliphatic rings. The third kappa shape index (κ3) is 1.75. The fourth-order valence-electron chi connectivity index (χ4n) is 4.31. The SMILES string of the molecule is CO[C@H]1O[C@@H](C)C2C(=O)[C@H]3CCCC[C@@H]3C[C@@H]21. The van der Waals surface area contributed by atoms with E-state index in [0.717, 1.165) is 12.8 Å². The number of ether oxygens (including phenoxy) is 2. The molecule has 0 aromatic rings. The number of methoxy groups -OCH3 is 1. The maximum absolute atomic E-state index is 12.6. The summed E-state index contributed by atoms with van der Waals surface area (Å²) in [7, 11) is 1.69. The van der Waals surface area contributed by atoms with E-state index in [9.17, 15) is 4.79 Å². The normalized spacial score (nSPS) is 49.9. The minimum atomic E-state index is -0.151. The van der Waals surface area contributed by atoms with E-state index >= 15 is 0 Å². The largest absolute Gasteiger partial charge is 0.356 e. The average Bonchev–Trinajstić information content (AvgIpc) is 2.66. The molecule has 96 valence electrons. The minimum Gasteiger partial charge on any atom is -0.356 e. The Morgan fingerprint density at radius 3 is 2.82 bits per heavy atom. The van der Waals surface area contributed by atoms with Gasteiger partial charge in [0.2, 0.25) is 0 Å². The van der Waals surface area contributed by atoms with Gasteiger partial charge in [-0.05, 0) is 32.1 Å². The van der Waals surface area contributed by atoms with Crippen LogP contribution in [0.2, 0.25) is 0 Å². The van der Waals surface area contributed by atoms with Gasteiger partial charge in [-0.25, -0.2) is 0 Å². The Morgan fingerprint density at radius 1 is 1.29 bits per heavy atom. The number of rotatable bonds is 1. The van der Waals surface area contributed by atoms with E-state index in [1.807, 2.05) is 6.92 Å². The third-order valence-corrected chi connectivity index (χ3v) is 5.08. The molecule has 1 saturated heterocycles. The monoisotopic (exact) mass is 238 g/mol. The first kappa shape index (κ1) is 11.7. The molecule has 0 aromatic carbocycles. The Labute approximate surface area is 103 Å². The van der Waals surface area contributed by atoms with Crippen molar-refractivity contribution in [1.82, 2.24) is 0 Å². The lowest BCUT2D eigenvalue weighted by atomic mass is 9.62. The molecule has 3 fully saturated rings. The van der Waals surface area contributed by atoms with Crippen LogP contribution in [0, 0.1) is 23.7 Å². The van der Waals surface area contributed by atoms with E-state index in [-0.39, 0.29) is 18.3 Å². The van der Waals surface area contributed by atoms with Crippen molar-refractivity contribution in [2.45, 2.75) is 51.4 Å². The molecule has 0 amide bonds. The second-order valence-corrected chi connectivity index (χ2v) is 5.92. The highest BCUT2D eigenvalue weighted by molar-refractivity contribution is 5.85. The lowest BCUT2D eigenvalue weighted by molar-refractivity contribution is -0.139. The standard InChI is InChI=1S/C14H22O3/c1-8-12-11(14(16-2)17-8)7-9-5-3-4-6-10(9)13(12)15/h8-12,14H,3-7H2,1-2H3/t8-,9+,10-,11-,12?,14-/m0/s1. The zero-order chi connectivity index (χ0) is 12.0. The third-order valence-electron chi connectivity index (χ3n) is 5.08. The number of hydrogen-bond acceptors (Lipinski definition) is 3. The molecule has 3 nitrogen and oxygen atoms in total. The zero-order valence-electron chi connectivity index (χ0n) is 10.7. The van der Waals surface area contributed by atoms with E-state index in [0.29, 0.717) is 23.5 Å². The lowest BCUT2D eigenvalue weighted by Crippen LogP contribution is -2.44. The lowest BCUT2D eigenvalue weighted by Gasteiger charge is -2.40. The van der Waals surface area contributed by atoms with E-state index in [4.69, 9.17) is 9.47 Å². The molecule has 17 heavy (non-hydrogen) atoms. The summed E-state index contributed by atoms with van der Waals surface area (Å²) in [6, 6.07) is 0. The zero-order valence-corrected chi connectivity index (χ0v) is 10.7. The van der Waals surface area contributed by atoms with Gasteiger partial charge in [0.1, 0.15) is 5.78 Å². The number of ketones is 1. The van der Waals surface area contributed by atoms with Crippen molar-refractivity contribution >= 4 is 5.78 Å². The molecule has 1 heterocycles.